The number of likely N-dealkylation sites (N-methyl/N-ethyl adjacent to an activating group) is 1. The van der Waals surface area contributed by atoms with Gasteiger partial charge in [0.05, 0.1) is 0 Å². The lowest BCUT2D eigenvalue weighted by atomic mass is 9.71. The molecule has 1 aromatic heterocycles. The van der Waals surface area contributed by atoms with Gasteiger partial charge < -0.3 is 5.32 Å². The van der Waals surface area contributed by atoms with Gasteiger partial charge in [-0.15, -0.1) is 0 Å². The highest BCUT2D eigenvalue weighted by Gasteiger charge is 2.41. The van der Waals surface area contributed by atoms with Gasteiger partial charge in [0.25, 0.3) is 0 Å². The van der Waals surface area contributed by atoms with Gasteiger partial charge in [0, 0.05) is 24.4 Å². The van der Waals surface area contributed by atoms with E-state index in [-0.39, 0.29) is 0 Å². The Kier molecular flexibility index (Phi) is 5.59. The molecule has 0 saturated heterocycles. The largest absolute Gasteiger partial charge is 0.313 e. The van der Waals surface area contributed by atoms with Crippen LogP contribution in [0.5, 0.6) is 0 Å². The van der Waals surface area contributed by atoms with Gasteiger partial charge in [-0.2, -0.15) is 0 Å². The van der Waals surface area contributed by atoms with E-state index in [2.05, 4.69) is 43.2 Å². The van der Waals surface area contributed by atoms with Crippen LogP contribution >= 0.6 is 0 Å². The first kappa shape index (κ1) is 15.5. The van der Waals surface area contributed by atoms with Crippen molar-refractivity contribution in [2.24, 2.45) is 11.3 Å². The minimum Gasteiger partial charge on any atom is -0.313 e. The van der Waals surface area contributed by atoms with Gasteiger partial charge in [-0.1, -0.05) is 39.7 Å². The van der Waals surface area contributed by atoms with E-state index >= 15 is 0 Å². The zero-order chi connectivity index (χ0) is 14.4. The summed E-state index contributed by atoms with van der Waals surface area (Å²) in [6, 6.07) is 6.86. The average molecular weight is 274 g/mol. The third-order valence-electron chi connectivity index (χ3n) is 4.74. The lowest BCUT2D eigenvalue weighted by Gasteiger charge is -2.39. The highest BCUT2D eigenvalue weighted by atomic mass is 14.9. The molecule has 0 aliphatic heterocycles. The molecule has 0 bridgehead atoms. The second-order valence-electron chi connectivity index (χ2n) is 6.80. The van der Waals surface area contributed by atoms with Crippen LogP contribution in [0.4, 0.5) is 0 Å². The van der Waals surface area contributed by atoms with Crippen molar-refractivity contribution in [1.82, 2.24) is 10.3 Å². The van der Waals surface area contributed by atoms with E-state index in [9.17, 15) is 0 Å². The summed E-state index contributed by atoms with van der Waals surface area (Å²) in [5.41, 5.74) is 1.72. The SMILES string of the molecule is CCNC(Cc1ccccn1)C1(CC(C)C)CCCC1. The van der Waals surface area contributed by atoms with Gasteiger partial charge in [-0.05, 0) is 49.3 Å². The van der Waals surface area contributed by atoms with E-state index < -0.39 is 0 Å². The molecule has 0 amide bonds. The van der Waals surface area contributed by atoms with Gasteiger partial charge >= 0.3 is 0 Å². The molecular formula is C18H30N2. The van der Waals surface area contributed by atoms with E-state index in [1.165, 1.54) is 37.8 Å². The number of nitrogens with zero attached hydrogens (tertiary/aromatic N) is 1. The minimum atomic E-state index is 0.488. The maximum Gasteiger partial charge on any atom is 0.0419 e. The van der Waals surface area contributed by atoms with Gasteiger partial charge in [0.2, 0.25) is 0 Å². The minimum absolute atomic E-state index is 0.488. The van der Waals surface area contributed by atoms with Crippen molar-refractivity contribution in [2.75, 3.05) is 6.54 Å². The third kappa shape index (κ3) is 3.82. The van der Waals surface area contributed by atoms with Crippen LogP contribution in [0.15, 0.2) is 24.4 Å². The first-order valence-corrected chi connectivity index (χ1v) is 8.29. The van der Waals surface area contributed by atoms with E-state index in [0.29, 0.717) is 11.5 Å². The zero-order valence-corrected chi connectivity index (χ0v) is 13.4. The topological polar surface area (TPSA) is 24.9 Å². The lowest BCUT2D eigenvalue weighted by Crippen LogP contribution is -2.46. The lowest BCUT2D eigenvalue weighted by molar-refractivity contribution is 0.154. The van der Waals surface area contributed by atoms with Crippen LogP contribution < -0.4 is 5.32 Å². The van der Waals surface area contributed by atoms with Crippen molar-refractivity contribution >= 4 is 0 Å². The van der Waals surface area contributed by atoms with Crippen molar-refractivity contribution in [2.45, 2.75) is 65.3 Å². The Morgan fingerprint density at radius 2 is 2.00 bits per heavy atom. The molecule has 0 aromatic carbocycles. The highest BCUT2D eigenvalue weighted by molar-refractivity contribution is 5.08. The van der Waals surface area contributed by atoms with E-state index in [1.807, 2.05) is 12.3 Å². The van der Waals surface area contributed by atoms with Gasteiger partial charge in [-0.25, -0.2) is 0 Å². The fourth-order valence-electron chi connectivity index (χ4n) is 4.07. The molecule has 112 valence electrons. The zero-order valence-electron chi connectivity index (χ0n) is 13.4. The Hall–Kier alpha value is -0.890. The molecule has 1 atom stereocenters. The molecule has 1 aliphatic carbocycles. The average Bonchev–Trinajstić information content (AvgIpc) is 2.88. The van der Waals surface area contributed by atoms with Crippen molar-refractivity contribution in [3.63, 3.8) is 0 Å². The summed E-state index contributed by atoms with van der Waals surface area (Å²) in [7, 11) is 0. The van der Waals surface area contributed by atoms with Gasteiger partial charge in [0.1, 0.15) is 0 Å². The molecule has 2 heteroatoms. The Morgan fingerprint density at radius 1 is 1.25 bits per heavy atom. The van der Waals surface area contributed by atoms with E-state index in [1.54, 1.807) is 0 Å². The van der Waals surface area contributed by atoms with E-state index in [4.69, 9.17) is 0 Å². The van der Waals surface area contributed by atoms with Crippen molar-refractivity contribution in [3.8, 4) is 0 Å². The molecule has 1 aromatic rings. The predicted molar refractivity (Wildman–Crippen MR) is 85.8 cm³/mol. The number of nitrogens with one attached hydrogen (secondary N) is 1. The van der Waals surface area contributed by atoms with Crippen LogP contribution in [0, 0.1) is 11.3 Å². The second-order valence-corrected chi connectivity index (χ2v) is 6.80. The number of pyridine rings is 1. The van der Waals surface area contributed by atoms with Gasteiger partial charge in [-0.3, -0.25) is 4.98 Å². The number of hydrogen-bond donors (Lipinski definition) is 1. The Morgan fingerprint density at radius 3 is 2.55 bits per heavy atom. The number of rotatable bonds is 7. The molecule has 1 aliphatic rings. The Bertz CT molecular complexity index is 380. The fourth-order valence-corrected chi connectivity index (χ4v) is 4.07. The molecule has 1 saturated carbocycles. The Labute approximate surface area is 124 Å². The number of hydrogen-bond acceptors (Lipinski definition) is 2. The van der Waals surface area contributed by atoms with Crippen LogP contribution in [-0.2, 0) is 6.42 Å². The molecule has 2 rings (SSSR count). The van der Waals surface area contributed by atoms with Crippen LogP contribution in [0.25, 0.3) is 0 Å². The van der Waals surface area contributed by atoms with Crippen LogP contribution in [0.3, 0.4) is 0 Å². The number of aromatic nitrogens is 1. The van der Waals surface area contributed by atoms with Crippen LogP contribution in [0.1, 0.15) is 58.6 Å². The molecule has 1 heterocycles. The Balaban J connectivity index is 2.16. The third-order valence-corrected chi connectivity index (χ3v) is 4.74. The smallest absolute Gasteiger partial charge is 0.0419 e. The summed E-state index contributed by atoms with van der Waals surface area (Å²) in [5.74, 6) is 0.776. The summed E-state index contributed by atoms with van der Waals surface area (Å²) >= 11 is 0. The molecular weight excluding hydrogens is 244 g/mol. The van der Waals surface area contributed by atoms with Crippen molar-refractivity contribution in [1.29, 1.82) is 0 Å². The molecule has 1 unspecified atom stereocenters. The van der Waals surface area contributed by atoms with Gasteiger partial charge in [0.15, 0.2) is 0 Å². The summed E-state index contributed by atoms with van der Waals surface area (Å²) < 4.78 is 0. The first-order chi connectivity index (χ1) is 9.66. The van der Waals surface area contributed by atoms with E-state index in [0.717, 1.165) is 18.9 Å². The fraction of sp³-hybridized carbons (Fsp3) is 0.722. The van der Waals surface area contributed by atoms with Crippen LogP contribution in [0.2, 0.25) is 0 Å². The maximum absolute atomic E-state index is 4.54. The van der Waals surface area contributed by atoms with Crippen molar-refractivity contribution < 1.29 is 0 Å². The monoisotopic (exact) mass is 274 g/mol. The molecule has 20 heavy (non-hydrogen) atoms. The standard InChI is InChI=1S/C18H30N2/c1-4-19-17(13-16-9-5-8-12-20-16)18(14-15(2)3)10-6-7-11-18/h5,8-9,12,15,17,19H,4,6-7,10-11,13-14H2,1-3H3. The van der Waals surface area contributed by atoms with Crippen molar-refractivity contribution in [3.05, 3.63) is 30.1 Å². The summed E-state index contributed by atoms with van der Waals surface area (Å²) in [4.78, 5) is 4.54. The maximum atomic E-state index is 4.54. The highest BCUT2D eigenvalue weighted by Crippen LogP contribution is 2.46. The molecule has 2 nitrogen and oxygen atoms in total. The van der Waals surface area contributed by atoms with Crippen LogP contribution in [-0.4, -0.2) is 17.6 Å². The summed E-state index contributed by atoms with van der Waals surface area (Å²) in [6.45, 7) is 8.01. The summed E-state index contributed by atoms with van der Waals surface area (Å²) in [5, 5.41) is 3.78. The first-order valence-electron chi connectivity index (χ1n) is 8.29. The normalized spacial score (nSPS) is 19.4. The molecule has 0 spiro atoms. The molecule has 1 fully saturated rings. The predicted octanol–water partition coefficient (Wildman–Crippen LogP) is 4.21. The molecule has 1 N–H and O–H groups in total. The second kappa shape index (κ2) is 7.21. The quantitative estimate of drug-likeness (QED) is 0.805. The molecule has 0 radical (unpaired) electrons. The summed E-state index contributed by atoms with van der Waals surface area (Å²) in [6.07, 6.45) is 9.90.